The van der Waals surface area contributed by atoms with Gasteiger partial charge in [0.05, 0.1) is 11.5 Å². The van der Waals surface area contributed by atoms with Crippen molar-refractivity contribution in [2.75, 3.05) is 19.7 Å². The lowest BCUT2D eigenvalue weighted by molar-refractivity contribution is 0.0789. The van der Waals surface area contributed by atoms with Crippen molar-refractivity contribution in [3.8, 4) is 5.75 Å². The van der Waals surface area contributed by atoms with Gasteiger partial charge in [-0.2, -0.15) is 0 Å². The lowest BCUT2D eigenvalue weighted by Crippen LogP contribution is -2.28. The Morgan fingerprint density at radius 1 is 1.26 bits per heavy atom. The Balaban J connectivity index is 1.46. The van der Waals surface area contributed by atoms with Crippen molar-refractivity contribution < 1.29 is 9.53 Å². The minimum absolute atomic E-state index is 0.194. The van der Waals surface area contributed by atoms with Gasteiger partial charge in [-0.25, -0.2) is 0 Å². The van der Waals surface area contributed by atoms with Crippen LogP contribution in [0.4, 0.5) is 0 Å². The SMILES string of the molecule is Cc1ccc(OCCC2CCN(C(=O)c3sccc3C)C2)cc1. The van der Waals surface area contributed by atoms with E-state index in [-0.39, 0.29) is 5.91 Å². The highest BCUT2D eigenvalue weighted by Gasteiger charge is 2.28. The molecular weight excluding hydrogens is 306 g/mol. The number of carbonyl (C=O) groups is 1. The predicted molar refractivity (Wildman–Crippen MR) is 94.4 cm³/mol. The molecule has 0 N–H and O–H groups in total. The third kappa shape index (κ3) is 3.94. The summed E-state index contributed by atoms with van der Waals surface area (Å²) in [6.45, 7) is 6.52. The summed E-state index contributed by atoms with van der Waals surface area (Å²) in [5.41, 5.74) is 2.33. The molecule has 0 spiro atoms. The van der Waals surface area contributed by atoms with E-state index in [1.165, 1.54) is 5.56 Å². The molecule has 0 saturated carbocycles. The molecule has 2 aromatic rings. The molecule has 23 heavy (non-hydrogen) atoms. The molecule has 1 aliphatic heterocycles. The number of ether oxygens (including phenoxy) is 1. The summed E-state index contributed by atoms with van der Waals surface area (Å²) in [5, 5.41) is 1.99. The number of aryl methyl sites for hydroxylation is 2. The number of thiophene rings is 1. The fraction of sp³-hybridized carbons (Fsp3) is 0.421. The summed E-state index contributed by atoms with van der Waals surface area (Å²) >= 11 is 1.55. The van der Waals surface area contributed by atoms with Gasteiger partial charge in [0, 0.05) is 13.1 Å². The van der Waals surface area contributed by atoms with Gasteiger partial charge >= 0.3 is 0 Å². The molecule has 1 fully saturated rings. The highest BCUT2D eigenvalue weighted by atomic mass is 32.1. The molecule has 1 saturated heterocycles. The lowest BCUT2D eigenvalue weighted by Gasteiger charge is -2.16. The second kappa shape index (κ2) is 7.18. The minimum Gasteiger partial charge on any atom is -0.494 e. The van der Waals surface area contributed by atoms with Crippen LogP contribution >= 0.6 is 11.3 Å². The van der Waals surface area contributed by atoms with Gasteiger partial charge in [-0.3, -0.25) is 4.79 Å². The number of rotatable bonds is 5. The zero-order chi connectivity index (χ0) is 16.2. The Morgan fingerprint density at radius 3 is 2.74 bits per heavy atom. The van der Waals surface area contributed by atoms with Gasteiger partial charge in [-0.05, 0) is 61.7 Å². The lowest BCUT2D eigenvalue weighted by atomic mass is 10.1. The van der Waals surface area contributed by atoms with Crippen LogP contribution in [0.1, 0.15) is 33.6 Å². The summed E-state index contributed by atoms with van der Waals surface area (Å²) in [6, 6.07) is 10.2. The highest BCUT2D eigenvalue weighted by molar-refractivity contribution is 7.12. The first-order valence-electron chi connectivity index (χ1n) is 8.16. The Kier molecular flexibility index (Phi) is 5.01. The van der Waals surface area contributed by atoms with Crippen LogP contribution in [0, 0.1) is 19.8 Å². The summed E-state index contributed by atoms with van der Waals surface area (Å²) in [6.07, 6.45) is 2.08. The Hall–Kier alpha value is -1.81. The van der Waals surface area contributed by atoms with Gasteiger partial charge in [-0.15, -0.1) is 11.3 Å². The van der Waals surface area contributed by atoms with E-state index >= 15 is 0 Å². The van der Waals surface area contributed by atoms with Crippen molar-refractivity contribution in [3.05, 3.63) is 51.7 Å². The molecular formula is C19H23NO2S. The minimum atomic E-state index is 0.194. The van der Waals surface area contributed by atoms with E-state index in [4.69, 9.17) is 4.74 Å². The average Bonchev–Trinajstić information content (AvgIpc) is 3.18. The van der Waals surface area contributed by atoms with Crippen molar-refractivity contribution in [1.29, 1.82) is 0 Å². The number of amides is 1. The fourth-order valence-electron chi connectivity index (χ4n) is 2.97. The van der Waals surface area contributed by atoms with Crippen LogP contribution in [0.25, 0.3) is 0 Å². The molecule has 3 rings (SSSR count). The summed E-state index contributed by atoms with van der Waals surface area (Å²) < 4.78 is 5.81. The molecule has 1 aromatic heterocycles. The maximum Gasteiger partial charge on any atom is 0.264 e. The number of hydrogen-bond donors (Lipinski definition) is 0. The molecule has 0 radical (unpaired) electrons. The third-order valence-electron chi connectivity index (χ3n) is 4.45. The summed E-state index contributed by atoms with van der Waals surface area (Å²) in [5.74, 6) is 1.67. The number of carbonyl (C=O) groups excluding carboxylic acids is 1. The number of benzene rings is 1. The Bertz CT molecular complexity index is 662. The standard InChI is InChI=1S/C19H23NO2S/c1-14-3-5-17(6-4-14)22-11-8-16-7-10-20(13-16)19(21)18-15(2)9-12-23-18/h3-6,9,12,16H,7-8,10-11,13H2,1-2H3. The van der Waals surface area contributed by atoms with E-state index < -0.39 is 0 Å². The summed E-state index contributed by atoms with van der Waals surface area (Å²) in [7, 11) is 0. The first-order chi connectivity index (χ1) is 11.1. The first-order valence-corrected chi connectivity index (χ1v) is 9.04. The van der Waals surface area contributed by atoms with Crippen molar-refractivity contribution in [2.45, 2.75) is 26.7 Å². The van der Waals surface area contributed by atoms with E-state index in [0.717, 1.165) is 42.1 Å². The fourth-order valence-corrected chi connectivity index (χ4v) is 3.86. The molecule has 4 heteroatoms. The topological polar surface area (TPSA) is 29.5 Å². The first kappa shape index (κ1) is 16.1. The second-order valence-corrected chi connectivity index (χ2v) is 7.20. The van der Waals surface area contributed by atoms with E-state index in [9.17, 15) is 4.79 Å². The van der Waals surface area contributed by atoms with Crippen LogP contribution in [-0.2, 0) is 0 Å². The molecule has 3 nitrogen and oxygen atoms in total. The smallest absolute Gasteiger partial charge is 0.264 e. The van der Waals surface area contributed by atoms with E-state index in [1.807, 2.05) is 35.4 Å². The number of hydrogen-bond acceptors (Lipinski definition) is 3. The van der Waals surface area contributed by atoms with Crippen LogP contribution in [0.2, 0.25) is 0 Å². The van der Waals surface area contributed by atoms with Crippen LogP contribution < -0.4 is 4.74 Å². The third-order valence-corrected chi connectivity index (χ3v) is 5.45. The van der Waals surface area contributed by atoms with E-state index in [0.29, 0.717) is 12.5 Å². The van der Waals surface area contributed by atoms with Crippen LogP contribution in [0.15, 0.2) is 35.7 Å². The number of nitrogens with zero attached hydrogens (tertiary/aromatic N) is 1. The zero-order valence-corrected chi connectivity index (χ0v) is 14.6. The molecule has 1 aliphatic rings. The molecule has 1 unspecified atom stereocenters. The molecule has 1 atom stereocenters. The van der Waals surface area contributed by atoms with E-state index in [1.54, 1.807) is 11.3 Å². The van der Waals surface area contributed by atoms with Crippen LogP contribution in [0.3, 0.4) is 0 Å². The summed E-state index contributed by atoms with van der Waals surface area (Å²) in [4.78, 5) is 15.4. The second-order valence-electron chi connectivity index (χ2n) is 6.29. The molecule has 2 heterocycles. The van der Waals surface area contributed by atoms with Crippen LogP contribution in [-0.4, -0.2) is 30.5 Å². The maximum atomic E-state index is 12.5. The molecule has 0 bridgehead atoms. The molecule has 122 valence electrons. The Labute approximate surface area is 141 Å². The van der Waals surface area contributed by atoms with Crippen molar-refractivity contribution in [2.24, 2.45) is 5.92 Å². The molecule has 1 aromatic carbocycles. The van der Waals surface area contributed by atoms with Crippen LogP contribution in [0.5, 0.6) is 5.75 Å². The maximum absolute atomic E-state index is 12.5. The zero-order valence-electron chi connectivity index (χ0n) is 13.7. The van der Waals surface area contributed by atoms with Crippen molar-refractivity contribution in [3.63, 3.8) is 0 Å². The monoisotopic (exact) mass is 329 g/mol. The molecule has 1 amide bonds. The van der Waals surface area contributed by atoms with Crippen molar-refractivity contribution in [1.82, 2.24) is 4.90 Å². The average molecular weight is 329 g/mol. The quantitative estimate of drug-likeness (QED) is 0.818. The van der Waals surface area contributed by atoms with Gasteiger partial charge in [0.1, 0.15) is 5.75 Å². The highest BCUT2D eigenvalue weighted by Crippen LogP contribution is 2.25. The largest absolute Gasteiger partial charge is 0.494 e. The van der Waals surface area contributed by atoms with Gasteiger partial charge in [-0.1, -0.05) is 17.7 Å². The van der Waals surface area contributed by atoms with Gasteiger partial charge in [0.2, 0.25) is 0 Å². The van der Waals surface area contributed by atoms with Gasteiger partial charge in [0.25, 0.3) is 5.91 Å². The normalized spacial score (nSPS) is 17.5. The molecule has 0 aliphatic carbocycles. The van der Waals surface area contributed by atoms with E-state index in [2.05, 4.69) is 19.1 Å². The Morgan fingerprint density at radius 2 is 2.04 bits per heavy atom. The van der Waals surface area contributed by atoms with Gasteiger partial charge in [0.15, 0.2) is 0 Å². The van der Waals surface area contributed by atoms with Crippen molar-refractivity contribution >= 4 is 17.2 Å². The number of likely N-dealkylation sites (tertiary alicyclic amines) is 1. The van der Waals surface area contributed by atoms with Gasteiger partial charge < -0.3 is 9.64 Å². The predicted octanol–water partition coefficient (Wildman–Crippen LogP) is 4.30.